The Kier molecular flexibility index (Phi) is 9.62. The standard InChI is InChI=1S/C36H30F2N6O4S/c1-39-34-29(22-5-4-6-27(16-22)42-36(45)41-26-9-11-28(47-2)12-10-26)17-23-15-21(7-13-31(23)43-34)24-18-32(35(48-3)40-20-24)44-49(46)33-14-8-25(37)19-30(33)38/h4-20,44H,1-3H3,(H,39,43)(H2,41,42,45). The van der Waals surface area contributed by atoms with Crippen molar-refractivity contribution in [1.82, 2.24) is 9.97 Å². The number of halogens is 2. The summed E-state index contributed by atoms with van der Waals surface area (Å²) < 4.78 is 53.9. The zero-order valence-corrected chi connectivity index (χ0v) is 27.3. The molecule has 0 radical (unpaired) electrons. The average molecular weight is 681 g/mol. The zero-order valence-electron chi connectivity index (χ0n) is 26.5. The molecule has 2 heterocycles. The summed E-state index contributed by atoms with van der Waals surface area (Å²) in [5.74, 6) is -0.229. The number of amides is 2. The first kappa shape index (κ1) is 32.8. The third-order valence-electron chi connectivity index (χ3n) is 7.51. The fraction of sp³-hybridized carbons (Fsp3) is 0.0833. The molecule has 2 aromatic heterocycles. The third kappa shape index (κ3) is 7.41. The molecule has 0 spiro atoms. The van der Waals surface area contributed by atoms with E-state index in [0.717, 1.165) is 39.7 Å². The van der Waals surface area contributed by atoms with E-state index in [1.165, 1.54) is 7.11 Å². The molecule has 0 aliphatic heterocycles. The summed E-state index contributed by atoms with van der Waals surface area (Å²) in [5, 5.41) is 9.67. The Balaban J connectivity index is 1.28. The maximum Gasteiger partial charge on any atom is 0.323 e. The van der Waals surface area contributed by atoms with Gasteiger partial charge in [-0.2, -0.15) is 0 Å². The van der Waals surface area contributed by atoms with Gasteiger partial charge in [0.05, 0.1) is 24.6 Å². The van der Waals surface area contributed by atoms with E-state index < -0.39 is 28.7 Å². The maximum absolute atomic E-state index is 14.3. The van der Waals surface area contributed by atoms with Crippen molar-refractivity contribution in [2.75, 3.05) is 41.9 Å². The highest BCUT2D eigenvalue weighted by Crippen LogP contribution is 2.35. The first-order valence-corrected chi connectivity index (χ1v) is 16.0. The van der Waals surface area contributed by atoms with Gasteiger partial charge in [0.25, 0.3) is 0 Å². The lowest BCUT2D eigenvalue weighted by Gasteiger charge is -2.14. The highest BCUT2D eigenvalue weighted by Gasteiger charge is 2.16. The summed E-state index contributed by atoms with van der Waals surface area (Å²) in [6.07, 6.45) is 1.61. The summed E-state index contributed by atoms with van der Waals surface area (Å²) in [5.41, 5.74) is 5.26. The number of methoxy groups -OCH3 is 2. The number of benzene rings is 4. The highest BCUT2D eigenvalue weighted by atomic mass is 32.2. The van der Waals surface area contributed by atoms with E-state index in [4.69, 9.17) is 14.5 Å². The Bertz CT molecular complexity index is 2200. The lowest BCUT2D eigenvalue weighted by atomic mass is 10.0. The van der Waals surface area contributed by atoms with Gasteiger partial charge in [-0.15, -0.1) is 0 Å². The van der Waals surface area contributed by atoms with Crippen molar-refractivity contribution in [1.29, 1.82) is 0 Å². The summed E-state index contributed by atoms with van der Waals surface area (Å²) in [7, 11) is 2.71. The Hall–Kier alpha value is -6.08. The average Bonchev–Trinajstić information content (AvgIpc) is 3.11. The predicted molar refractivity (Wildman–Crippen MR) is 189 cm³/mol. The minimum Gasteiger partial charge on any atom is -0.497 e. The predicted octanol–water partition coefficient (Wildman–Crippen LogP) is 8.08. The molecule has 0 saturated carbocycles. The monoisotopic (exact) mass is 680 g/mol. The largest absolute Gasteiger partial charge is 0.497 e. The molecule has 0 bridgehead atoms. The molecule has 4 N–H and O–H groups in total. The summed E-state index contributed by atoms with van der Waals surface area (Å²) in [6.45, 7) is 0. The normalized spacial score (nSPS) is 11.4. The fourth-order valence-corrected chi connectivity index (χ4v) is 6.01. The van der Waals surface area contributed by atoms with E-state index in [0.29, 0.717) is 34.6 Å². The van der Waals surface area contributed by atoms with Crippen LogP contribution in [-0.4, -0.2) is 41.5 Å². The van der Waals surface area contributed by atoms with Gasteiger partial charge in [-0.25, -0.2) is 27.8 Å². The van der Waals surface area contributed by atoms with E-state index in [1.54, 1.807) is 56.8 Å². The molecule has 0 saturated heterocycles. The minimum absolute atomic E-state index is 0.147. The van der Waals surface area contributed by atoms with Crippen molar-refractivity contribution in [3.63, 3.8) is 0 Å². The summed E-state index contributed by atoms with van der Waals surface area (Å²) >= 11 is 0. The number of aromatic nitrogens is 2. The topological polar surface area (TPSA) is 127 Å². The second-order valence-electron chi connectivity index (χ2n) is 10.7. The van der Waals surface area contributed by atoms with Gasteiger partial charge in [-0.05, 0) is 83.9 Å². The van der Waals surface area contributed by atoms with E-state index >= 15 is 0 Å². The van der Waals surface area contributed by atoms with Crippen LogP contribution < -0.4 is 30.1 Å². The van der Waals surface area contributed by atoms with Crippen LogP contribution in [0.4, 0.5) is 36.5 Å². The summed E-state index contributed by atoms with van der Waals surface area (Å²) in [4.78, 5) is 21.7. The Morgan fingerprint density at radius 3 is 2.33 bits per heavy atom. The van der Waals surface area contributed by atoms with Crippen molar-refractivity contribution in [2.24, 2.45) is 0 Å². The molecule has 1 unspecified atom stereocenters. The van der Waals surface area contributed by atoms with Crippen LogP contribution >= 0.6 is 0 Å². The van der Waals surface area contributed by atoms with Crippen molar-refractivity contribution >= 4 is 50.8 Å². The number of fused-ring (bicyclic) bond motifs is 1. The number of urea groups is 1. The first-order chi connectivity index (χ1) is 23.7. The highest BCUT2D eigenvalue weighted by molar-refractivity contribution is 7.86. The van der Waals surface area contributed by atoms with Crippen LogP contribution in [-0.2, 0) is 11.0 Å². The molecular formula is C36H30F2N6O4S. The number of nitrogens with zero attached hydrogens (tertiary/aromatic N) is 2. The summed E-state index contributed by atoms with van der Waals surface area (Å²) in [6, 6.07) is 26.3. The molecule has 10 nitrogen and oxygen atoms in total. The molecule has 49 heavy (non-hydrogen) atoms. The number of nitrogens with one attached hydrogen (secondary N) is 4. The molecule has 1 atom stereocenters. The molecular weight excluding hydrogens is 650 g/mol. The molecule has 0 aliphatic rings. The first-order valence-electron chi connectivity index (χ1n) is 14.9. The van der Waals surface area contributed by atoms with Gasteiger partial charge in [-0.3, -0.25) is 4.72 Å². The van der Waals surface area contributed by atoms with E-state index in [2.05, 4.69) is 25.7 Å². The van der Waals surface area contributed by atoms with Gasteiger partial charge in [-0.1, -0.05) is 18.2 Å². The van der Waals surface area contributed by atoms with Crippen LogP contribution in [0.2, 0.25) is 0 Å². The Morgan fingerprint density at radius 1 is 0.796 bits per heavy atom. The molecule has 4 aromatic carbocycles. The lowest BCUT2D eigenvalue weighted by Crippen LogP contribution is -2.19. The fourth-order valence-electron chi connectivity index (χ4n) is 5.13. The minimum atomic E-state index is -2.06. The number of anilines is 4. The number of pyridine rings is 2. The van der Waals surface area contributed by atoms with Crippen LogP contribution in [0.1, 0.15) is 0 Å². The van der Waals surface area contributed by atoms with Crippen molar-refractivity contribution in [2.45, 2.75) is 4.90 Å². The van der Waals surface area contributed by atoms with Crippen LogP contribution in [0.15, 0.2) is 108 Å². The van der Waals surface area contributed by atoms with Crippen molar-refractivity contribution in [3.05, 3.63) is 115 Å². The van der Waals surface area contributed by atoms with E-state index in [1.807, 2.05) is 42.5 Å². The smallest absolute Gasteiger partial charge is 0.323 e. The SMILES string of the molecule is CNc1nc2ccc(-c3cnc(OC)c(NS(=O)c4ccc(F)cc4F)c3)cc2cc1-c1cccc(NC(=O)Nc2ccc(OC)cc2)c1. The number of hydrogen-bond acceptors (Lipinski definition) is 7. The molecule has 0 fully saturated rings. The quantitative estimate of drug-likeness (QED) is 0.115. The molecule has 6 rings (SSSR count). The van der Waals surface area contributed by atoms with Gasteiger partial charge >= 0.3 is 6.03 Å². The van der Waals surface area contributed by atoms with Gasteiger partial charge < -0.3 is 25.4 Å². The Morgan fingerprint density at radius 2 is 1.59 bits per heavy atom. The second-order valence-corrected chi connectivity index (χ2v) is 11.8. The van der Waals surface area contributed by atoms with Crippen molar-refractivity contribution in [3.8, 4) is 33.9 Å². The van der Waals surface area contributed by atoms with Crippen LogP contribution in [0.25, 0.3) is 33.2 Å². The van der Waals surface area contributed by atoms with Crippen LogP contribution in [0, 0.1) is 11.6 Å². The molecule has 2 amide bonds. The molecule has 13 heteroatoms. The zero-order chi connectivity index (χ0) is 34.5. The third-order valence-corrected chi connectivity index (χ3v) is 8.64. The lowest BCUT2D eigenvalue weighted by molar-refractivity contribution is 0.262. The number of rotatable bonds is 10. The van der Waals surface area contributed by atoms with E-state index in [9.17, 15) is 17.8 Å². The van der Waals surface area contributed by atoms with Crippen LogP contribution in [0.3, 0.4) is 0 Å². The molecule has 6 aromatic rings. The van der Waals surface area contributed by atoms with Crippen LogP contribution in [0.5, 0.6) is 11.6 Å². The van der Waals surface area contributed by atoms with Gasteiger partial charge in [0.1, 0.15) is 28.9 Å². The molecule has 0 aliphatic carbocycles. The second kappa shape index (κ2) is 14.4. The van der Waals surface area contributed by atoms with E-state index in [-0.39, 0.29) is 16.5 Å². The number of hydrogen-bond donors (Lipinski definition) is 4. The number of ether oxygens (including phenoxy) is 2. The number of carbonyl (C=O) groups excluding carboxylic acids is 1. The number of carbonyl (C=O) groups is 1. The maximum atomic E-state index is 14.3. The van der Waals surface area contributed by atoms with Gasteiger partial charge in [0.2, 0.25) is 5.88 Å². The molecule has 248 valence electrons. The Labute approximate surface area is 283 Å². The van der Waals surface area contributed by atoms with Gasteiger partial charge in [0, 0.05) is 47.2 Å². The van der Waals surface area contributed by atoms with Crippen molar-refractivity contribution < 1.29 is 27.3 Å². The van der Waals surface area contributed by atoms with Gasteiger partial charge in [0.15, 0.2) is 11.0 Å².